The first-order valence-electron chi connectivity index (χ1n) is 6.30. The van der Waals surface area contributed by atoms with Gasteiger partial charge in [0.25, 0.3) is 0 Å². The standard InChI is InChI=1S/C13H25NO2/c1-11-5-4-6-13(7-11,10-15)9-14(3)8-12(2)16/h10-12,16H,4-9H2,1-3H3. The second-order valence-corrected chi connectivity index (χ2v) is 5.73. The lowest BCUT2D eigenvalue weighted by atomic mass is 9.71. The molecule has 1 aliphatic carbocycles. The first-order chi connectivity index (χ1) is 7.47. The lowest BCUT2D eigenvalue weighted by molar-refractivity contribution is -0.120. The Balaban J connectivity index is 2.55. The number of likely N-dealkylation sites (N-methyl/N-ethyl adjacent to an activating group) is 1. The molecular weight excluding hydrogens is 202 g/mol. The van der Waals surface area contributed by atoms with E-state index in [1.165, 1.54) is 6.42 Å². The fourth-order valence-corrected chi connectivity index (χ4v) is 3.04. The molecule has 0 aliphatic heterocycles. The van der Waals surface area contributed by atoms with Gasteiger partial charge in [0.15, 0.2) is 0 Å². The average Bonchev–Trinajstić information content (AvgIpc) is 2.16. The second-order valence-electron chi connectivity index (χ2n) is 5.73. The van der Waals surface area contributed by atoms with Crippen molar-refractivity contribution < 1.29 is 9.90 Å². The maximum Gasteiger partial charge on any atom is 0.127 e. The topological polar surface area (TPSA) is 40.5 Å². The average molecular weight is 227 g/mol. The van der Waals surface area contributed by atoms with Crippen LogP contribution in [0.3, 0.4) is 0 Å². The quantitative estimate of drug-likeness (QED) is 0.727. The number of carbonyl (C=O) groups is 1. The molecule has 0 amide bonds. The molecule has 0 saturated heterocycles. The van der Waals surface area contributed by atoms with Gasteiger partial charge < -0.3 is 14.8 Å². The summed E-state index contributed by atoms with van der Waals surface area (Å²) in [5, 5.41) is 9.33. The van der Waals surface area contributed by atoms with Crippen molar-refractivity contribution >= 4 is 6.29 Å². The maximum absolute atomic E-state index is 11.4. The molecule has 0 aromatic carbocycles. The van der Waals surface area contributed by atoms with Crippen molar-refractivity contribution in [1.29, 1.82) is 0 Å². The highest BCUT2D eigenvalue weighted by Crippen LogP contribution is 2.38. The van der Waals surface area contributed by atoms with Gasteiger partial charge in [-0.25, -0.2) is 0 Å². The summed E-state index contributed by atoms with van der Waals surface area (Å²) in [4.78, 5) is 13.4. The van der Waals surface area contributed by atoms with Crippen LogP contribution in [0.1, 0.15) is 39.5 Å². The van der Waals surface area contributed by atoms with Gasteiger partial charge in [0, 0.05) is 18.5 Å². The molecule has 3 heteroatoms. The van der Waals surface area contributed by atoms with Gasteiger partial charge in [-0.15, -0.1) is 0 Å². The molecule has 16 heavy (non-hydrogen) atoms. The van der Waals surface area contributed by atoms with Crippen LogP contribution in [0.25, 0.3) is 0 Å². The van der Waals surface area contributed by atoms with Crippen molar-refractivity contribution in [3.05, 3.63) is 0 Å². The fraction of sp³-hybridized carbons (Fsp3) is 0.923. The number of rotatable bonds is 5. The van der Waals surface area contributed by atoms with Crippen molar-refractivity contribution in [2.45, 2.75) is 45.6 Å². The van der Waals surface area contributed by atoms with Gasteiger partial charge in [0.05, 0.1) is 6.10 Å². The number of hydrogen-bond donors (Lipinski definition) is 1. The van der Waals surface area contributed by atoms with E-state index in [-0.39, 0.29) is 11.5 Å². The van der Waals surface area contributed by atoms with Crippen LogP contribution in [0.2, 0.25) is 0 Å². The van der Waals surface area contributed by atoms with Crippen LogP contribution in [0, 0.1) is 11.3 Å². The normalized spacial score (nSPS) is 32.7. The summed E-state index contributed by atoms with van der Waals surface area (Å²) in [6.07, 6.45) is 5.24. The Bertz CT molecular complexity index is 230. The van der Waals surface area contributed by atoms with Gasteiger partial charge in [0.1, 0.15) is 6.29 Å². The van der Waals surface area contributed by atoms with Crippen molar-refractivity contribution in [2.24, 2.45) is 11.3 Å². The molecule has 0 aromatic rings. The molecular formula is C13H25NO2. The van der Waals surface area contributed by atoms with E-state index in [0.29, 0.717) is 12.5 Å². The van der Waals surface area contributed by atoms with Gasteiger partial charge in [-0.2, -0.15) is 0 Å². The molecule has 0 spiro atoms. The van der Waals surface area contributed by atoms with E-state index in [1.54, 1.807) is 6.92 Å². The molecule has 1 rings (SSSR count). The van der Waals surface area contributed by atoms with Gasteiger partial charge in [-0.3, -0.25) is 0 Å². The number of aliphatic hydroxyl groups is 1. The van der Waals surface area contributed by atoms with Crippen molar-refractivity contribution in [3.63, 3.8) is 0 Å². The Morgan fingerprint density at radius 3 is 2.81 bits per heavy atom. The van der Waals surface area contributed by atoms with E-state index >= 15 is 0 Å². The molecule has 1 aliphatic rings. The molecule has 3 nitrogen and oxygen atoms in total. The van der Waals surface area contributed by atoms with E-state index in [1.807, 2.05) is 7.05 Å². The summed E-state index contributed by atoms with van der Waals surface area (Å²) in [6, 6.07) is 0. The van der Waals surface area contributed by atoms with Crippen LogP contribution in [0.15, 0.2) is 0 Å². The Hall–Kier alpha value is -0.410. The molecule has 94 valence electrons. The second kappa shape index (κ2) is 5.78. The molecule has 3 atom stereocenters. The predicted octanol–water partition coefficient (Wildman–Crippen LogP) is 1.69. The van der Waals surface area contributed by atoms with Crippen molar-refractivity contribution in [3.8, 4) is 0 Å². The van der Waals surface area contributed by atoms with E-state index in [0.717, 1.165) is 32.1 Å². The van der Waals surface area contributed by atoms with Crippen LogP contribution in [0.4, 0.5) is 0 Å². The summed E-state index contributed by atoms with van der Waals surface area (Å²) >= 11 is 0. The summed E-state index contributed by atoms with van der Waals surface area (Å²) in [5.41, 5.74) is -0.165. The highest BCUT2D eigenvalue weighted by molar-refractivity contribution is 5.60. The molecule has 0 heterocycles. The number of aldehydes is 1. The Morgan fingerprint density at radius 2 is 2.31 bits per heavy atom. The van der Waals surface area contributed by atoms with Gasteiger partial charge >= 0.3 is 0 Å². The van der Waals surface area contributed by atoms with E-state index in [2.05, 4.69) is 11.8 Å². The van der Waals surface area contributed by atoms with Crippen LogP contribution in [0.5, 0.6) is 0 Å². The smallest absolute Gasteiger partial charge is 0.127 e. The minimum absolute atomic E-state index is 0.165. The van der Waals surface area contributed by atoms with E-state index in [9.17, 15) is 9.90 Å². The number of carbonyl (C=O) groups excluding carboxylic acids is 1. The monoisotopic (exact) mass is 227 g/mol. The summed E-state index contributed by atoms with van der Waals surface area (Å²) in [6.45, 7) is 5.44. The summed E-state index contributed by atoms with van der Waals surface area (Å²) in [5.74, 6) is 0.652. The Kier molecular flexibility index (Phi) is 4.93. The Morgan fingerprint density at radius 1 is 1.62 bits per heavy atom. The summed E-state index contributed by atoms with van der Waals surface area (Å²) < 4.78 is 0. The lowest BCUT2D eigenvalue weighted by Gasteiger charge is -2.38. The predicted molar refractivity (Wildman–Crippen MR) is 65.3 cm³/mol. The van der Waals surface area contributed by atoms with E-state index in [4.69, 9.17) is 0 Å². The fourth-order valence-electron chi connectivity index (χ4n) is 3.04. The van der Waals surface area contributed by atoms with Crippen LogP contribution >= 0.6 is 0 Å². The largest absolute Gasteiger partial charge is 0.392 e. The van der Waals surface area contributed by atoms with Crippen LogP contribution < -0.4 is 0 Å². The van der Waals surface area contributed by atoms with Crippen LogP contribution in [-0.2, 0) is 4.79 Å². The maximum atomic E-state index is 11.4. The molecule has 1 N–H and O–H groups in total. The van der Waals surface area contributed by atoms with Crippen molar-refractivity contribution in [1.82, 2.24) is 4.90 Å². The Labute approximate surface area is 98.8 Å². The zero-order chi connectivity index (χ0) is 12.2. The number of aliphatic hydroxyl groups excluding tert-OH is 1. The van der Waals surface area contributed by atoms with Gasteiger partial charge in [-0.05, 0) is 32.7 Å². The molecule has 0 aromatic heterocycles. The van der Waals surface area contributed by atoms with Gasteiger partial charge in [-0.1, -0.05) is 19.8 Å². The molecule has 3 unspecified atom stereocenters. The van der Waals surface area contributed by atoms with Crippen molar-refractivity contribution in [2.75, 3.05) is 20.1 Å². The third-order valence-electron chi connectivity index (χ3n) is 3.54. The van der Waals surface area contributed by atoms with Crippen LogP contribution in [-0.4, -0.2) is 42.5 Å². The van der Waals surface area contributed by atoms with Gasteiger partial charge in [0.2, 0.25) is 0 Å². The number of nitrogens with zero attached hydrogens (tertiary/aromatic N) is 1. The molecule has 1 fully saturated rings. The first-order valence-corrected chi connectivity index (χ1v) is 6.30. The SMILES string of the molecule is CC(O)CN(C)CC1(C=O)CCCC(C)C1. The first kappa shape index (κ1) is 13.7. The van der Waals surface area contributed by atoms with E-state index < -0.39 is 0 Å². The number of hydrogen-bond acceptors (Lipinski definition) is 3. The third-order valence-corrected chi connectivity index (χ3v) is 3.54. The minimum Gasteiger partial charge on any atom is -0.392 e. The molecule has 0 bridgehead atoms. The molecule has 1 saturated carbocycles. The summed E-state index contributed by atoms with van der Waals surface area (Å²) in [7, 11) is 1.98. The zero-order valence-electron chi connectivity index (χ0n) is 10.8. The zero-order valence-corrected chi connectivity index (χ0v) is 10.8. The third kappa shape index (κ3) is 3.87. The lowest BCUT2D eigenvalue weighted by Crippen LogP contribution is -2.42. The molecule has 0 radical (unpaired) electrons. The highest BCUT2D eigenvalue weighted by atomic mass is 16.3. The highest BCUT2D eigenvalue weighted by Gasteiger charge is 2.35. The minimum atomic E-state index is -0.324.